The van der Waals surface area contributed by atoms with Gasteiger partial charge in [0, 0.05) is 37.1 Å². The first kappa shape index (κ1) is 22.7. The molecule has 0 aliphatic heterocycles. The summed E-state index contributed by atoms with van der Waals surface area (Å²) in [5.74, 6) is 0. The molecule has 4 rings (SSSR count). The summed E-state index contributed by atoms with van der Waals surface area (Å²) in [4.78, 5) is 8.98. The second-order valence-corrected chi connectivity index (χ2v) is 6.98. The predicted octanol–water partition coefficient (Wildman–Crippen LogP) is 6.53. The van der Waals surface area contributed by atoms with Crippen molar-refractivity contribution < 1.29 is 20.1 Å². The van der Waals surface area contributed by atoms with Gasteiger partial charge in [0.05, 0.1) is 5.69 Å². The van der Waals surface area contributed by atoms with Crippen molar-refractivity contribution in [3.05, 3.63) is 107 Å². The van der Waals surface area contributed by atoms with Crippen LogP contribution < -0.4 is 0 Å². The Morgan fingerprint density at radius 3 is 1.72 bits per heavy atom. The van der Waals surface area contributed by atoms with Crippen LogP contribution in [0.3, 0.4) is 0 Å². The first-order chi connectivity index (χ1) is 13.5. The van der Waals surface area contributed by atoms with Gasteiger partial charge in [-0.15, -0.1) is 35.9 Å². The minimum atomic E-state index is 0. The number of hydrogen-bond donors (Lipinski definition) is 0. The first-order valence-electron chi connectivity index (χ1n) is 9.44. The molecular formula is C26H25IrN2-. The van der Waals surface area contributed by atoms with E-state index in [9.17, 15) is 0 Å². The van der Waals surface area contributed by atoms with Gasteiger partial charge in [0.25, 0.3) is 0 Å². The summed E-state index contributed by atoms with van der Waals surface area (Å²) in [6.45, 7) is 8.22. The molecule has 1 radical (unpaired) electrons. The van der Waals surface area contributed by atoms with Gasteiger partial charge in [-0.1, -0.05) is 42.0 Å². The van der Waals surface area contributed by atoms with Crippen molar-refractivity contribution in [1.82, 2.24) is 9.97 Å². The molecule has 4 aromatic rings. The molecule has 0 amide bonds. The van der Waals surface area contributed by atoms with Crippen molar-refractivity contribution in [2.45, 2.75) is 27.7 Å². The maximum absolute atomic E-state index is 4.50. The fraction of sp³-hybridized carbons (Fsp3) is 0.154. The Bertz CT molecular complexity index is 917. The average molecular weight is 558 g/mol. The van der Waals surface area contributed by atoms with Gasteiger partial charge in [0.2, 0.25) is 0 Å². The Hall–Kier alpha value is -2.61. The van der Waals surface area contributed by atoms with E-state index in [1.807, 2.05) is 56.3 Å². The van der Waals surface area contributed by atoms with Crippen LogP contribution in [0.25, 0.3) is 22.5 Å². The molecule has 2 nitrogen and oxygen atoms in total. The second kappa shape index (κ2) is 10.8. The Labute approximate surface area is 187 Å². The number of aromatic nitrogens is 2. The maximum Gasteiger partial charge on any atom is 0.0707 e. The van der Waals surface area contributed by atoms with Crippen LogP contribution in [0.5, 0.6) is 0 Å². The van der Waals surface area contributed by atoms with E-state index in [4.69, 9.17) is 0 Å². The number of pyridine rings is 2. The SMILES string of the molecule is Cc1cc(C)nc(-c2[c-]cccc2)c1.Cc1cc(C)nc(-c2ccccc2)c1.[Ir]. The molecule has 0 aliphatic rings. The quantitative estimate of drug-likeness (QED) is 0.262. The summed E-state index contributed by atoms with van der Waals surface area (Å²) in [6.07, 6.45) is 0. The third-order valence-electron chi connectivity index (χ3n) is 4.25. The molecule has 149 valence electrons. The molecule has 29 heavy (non-hydrogen) atoms. The molecule has 3 heteroatoms. The van der Waals surface area contributed by atoms with E-state index in [0.717, 1.165) is 28.3 Å². The molecule has 0 bridgehead atoms. The standard InChI is InChI=1S/C13H13N.C13H12N.Ir/c2*1-10-8-11(2)14-13(9-10)12-6-4-3-5-7-12;/h3-9H,1-2H3;3-6,8-9H,1-2H3;/q;-1;. The van der Waals surface area contributed by atoms with Crippen molar-refractivity contribution in [2.75, 3.05) is 0 Å². The molecular weight excluding hydrogens is 533 g/mol. The third-order valence-corrected chi connectivity index (χ3v) is 4.25. The molecule has 0 N–H and O–H groups in total. The number of nitrogens with zero attached hydrogens (tertiary/aromatic N) is 2. The van der Waals surface area contributed by atoms with Crippen molar-refractivity contribution >= 4 is 0 Å². The average Bonchev–Trinajstić information content (AvgIpc) is 2.68. The normalized spacial score (nSPS) is 9.79. The molecule has 0 aliphatic carbocycles. The molecule has 2 aromatic heterocycles. The van der Waals surface area contributed by atoms with Crippen molar-refractivity contribution in [3.63, 3.8) is 0 Å². The number of benzene rings is 2. The Kier molecular flexibility index (Phi) is 8.45. The summed E-state index contributed by atoms with van der Waals surface area (Å²) >= 11 is 0. The zero-order valence-electron chi connectivity index (χ0n) is 17.2. The Balaban J connectivity index is 0.000000200. The smallest absolute Gasteiger partial charge is 0.0707 e. The minimum absolute atomic E-state index is 0. The van der Waals surface area contributed by atoms with Crippen LogP contribution >= 0.6 is 0 Å². The van der Waals surface area contributed by atoms with Crippen molar-refractivity contribution in [3.8, 4) is 22.5 Å². The van der Waals surface area contributed by atoms with Gasteiger partial charge in [-0.25, -0.2) is 0 Å². The van der Waals surface area contributed by atoms with E-state index in [1.165, 1.54) is 16.7 Å². The zero-order chi connectivity index (χ0) is 19.9. The van der Waals surface area contributed by atoms with Crippen molar-refractivity contribution in [2.24, 2.45) is 0 Å². The van der Waals surface area contributed by atoms with E-state index in [1.54, 1.807) is 0 Å². The summed E-state index contributed by atoms with van der Waals surface area (Å²) in [6, 6.07) is 29.7. The monoisotopic (exact) mass is 558 g/mol. The van der Waals surface area contributed by atoms with Gasteiger partial charge < -0.3 is 4.98 Å². The van der Waals surface area contributed by atoms with E-state index in [0.29, 0.717) is 0 Å². The van der Waals surface area contributed by atoms with E-state index in [2.05, 4.69) is 66.3 Å². The minimum Gasteiger partial charge on any atom is -0.302 e. The summed E-state index contributed by atoms with van der Waals surface area (Å²) in [5, 5.41) is 0. The molecule has 2 aromatic carbocycles. The van der Waals surface area contributed by atoms with E-state index < -0.39 is 0 Å². The zero-order valence-corrected chi connectivity index (χ0v) is 19.6. The van der Waals surface area contributed by atoms with Crippen molar-refractivity contribution in [1.29, 1.82) is 0 Å². The molecule has 0 saturated carbocycles. The number of rotatable bonds is 2. The second-order valence-electron chi connectivity index (χ2n) is 6.98. The molecule has 0 spiro atoms. The number of aryl methyl sites for hydroxylation is 4. The molecule has 0 saturated heterocycles. The molecule has 2 heterocycles. The largest absolute Gasteiger partial charge is 0.302 e. The van der Waals surface area contributed by atoms with Crippen LogP contribution in [-0.4, -0.2) is 9.97 Å². The predicted molar refractivity (Wildman–Crippen MR) is 117 cm³/mol. The number of hydrogen-bond acceptors (Lipinski definition) is 2. The van der Waals surface area contributed by atoms with E-state index in [-0.39, 0.29) is 20.1 Å². The van der Waals surface area contributed by atoms with Crippen LogP contribution in [-0.2, 0) is 20.1 Å². The van der Waals surface area contributed by atoms with Crippen LogP contribution in [0.15, 0.2) is 78.9 Å². The van der Waals surface area contributed by atoms with Gasteiger partial charge in [0.15, 0.2) is 0 Å². The Morgan fingerprint density at radius 1 is 0.621 bits per heavy atom. The van der Waals surface area contributed by atoms with Crippen LogP contribution in [0.2, 0.25) is 0 Å². The third kappa shape index (κ3) is 6.74. The Morgan fingerprint density at radius 2 is 1.17 bits per heavy atom. The maximum atomic E-state index is 4.50. The van der Waals surface area contributed by atoms with Gasteiger partial charge >= 0.3 is 0 Å². The topological polar surface area (TPSA) is 25.8 Å². The molecule has 0 unspecified atom stereocenters. The molecule has 0 fully saturated rings. The summed E-state index contributed by atoms with van der Waals surface area (Å²) < 4.78 is 0. The fourth-order valence-corrected chi connectivity index (χ4v) is 3.13. The summed E-state index contributed by atoms with van der Waals surface area (Å²) in [5.41, 5.74) is 8.92. The fourth-order valence-electron chi connectivity index (χ4n) is 3.13. The van der Waals surface area contributed by atoms with Gasteiger partial charge in [0.1, 0.15) is 0 Å². The van der Waals surface area contributed by atoms with Crippen LogP contribution in [0.1, 0.15) is 22.5 Å². The van der Waals surface area contributed by atoms with Gasteiger partial charge in [-0.2, -0.15) is 0 Å². The molecule has 0 atom stereocenters. The first-order valence-corrected chi connectivity index (χ1v) is 9.44. The van der Waals surface area contributed by atoms with Crippen LogP contribution in [0, 0.1) is 33.8 Å². The van der Waals surface area contributed by atoms with E-state index >= 15 is 0 Å². The van der Waals surface area contributed by atoms with Crippen LogP contribution in [0.4, 0.5) is 0 Å². The van der Waals surface area contributed by atoms with Gasteiger partial charge in [-0.05, 0) is 57.2 Å². The summed E-state index contributed by atoms with van der Waals surface area (Å²) in [7, 11) is 0. The van der Waals surface area contributed by atoms with Gasteiger partial charge in [-0.3, -0.25) is 4.98 Å².